The van der Waals surface area contributed by atoms with Crippen LogP contribution >= 0.6 is 23.2 Å². The van der Waals surface area contributed by atoms with Gasteiger partial charge in [-0.2, -0.15) is 0 Å². The van der Waals surface area contributed by atoms with E-state index in [-0.39, 0.29) is 0 Å². The number of hydrazine groups is 1. The Labute approximate surface area is 87.4 Å². The summed E-state index contributed by atoms with van der Waals surface area (Å²) < 4.78 is 0. The molecule has 13 heavy (non-hydrogen) atoms. The number of nitrogens with one attached hydrogen (secondary N) is 1. The zero-order chi connectivity index (χ0) is 10.0. The van der Waals surface area contributed by atoms with Crippen molar-refractivity contribution in [3.8, 4) is 0 Å². The van der Waals surface area contributed by atoms with E-state index in [9.17, 15) is 0 Å². The lowest BCUT2D eigenvalue weighted by atomic mass is 10.3. The van der Waals surface area contributed by atoms with Crippen LogP contribution in [0.15, 0.2) is 12.1 Å². The average Bonchev–Trinajstić information content (AvgIpc) is 1.99. The van der Waals surface area contributed by atoms with E-state index in [1.165, 1.54) is 0 Å². The molecule has 3 nitrogen and oxygen atoms in total. The van der Waals surface area contributed by atoms with Gasteiger partial charge >= 0.3 is 0 Å². The largest absolute Gasteiger partial charge is 0.397 e. The van der Waals surface area contributed by atoms with Gasteiger partial charge in [0.2, 0.25) is 0 Å². The Kier molecular flexibility index (Phi) is 3.25. The molecule has 0 aliphatic rings. The van der Waals surface area contributed by atoms with Gasteiger partial charge < -0.3 is 11.2 Å². The molecule has 0 atom stereocenters. The monoisotopic (exact) mass is 219 g/mol. The Balaban J connectivity index is 3.01. The molecule has 0 unspecified atom stereocenters. The van der Waals surface area contributed by atoms with Gasteiger partial charge in [0.05, 0.1) is 21.4 Å². The number of nitrogens with two attached hydrogens (primary N) is 1. The number of hydrogen-bond acceptors (Lipinski definition) is 3. The number of halogens is 2. The number of nitrogen functional groups attached to an aromatic ring is 1. The Morgan fingerprint density at radius 2 is 1.77 bits per heavy atom. The summed E-state index contributed by atoms with van der Waals surface area (Å²) in [6.45, 7) is 0. The maximum absolute atomic E-state index is 5.82. The fourth-order valence-electron chi connectivity index (χ4n) is 0.900. The third kappa shape index (κ3) is 2.66. The van der Waals surface area contributed by atoms with E-state index in [4.69, 9.17) is 28.9 Å². The first-order chi connectivity index (χ1) is 6.00. The highest BCUT2D eigenvalue weighted by atomic mass is 35.5. The topological polar surface area (TPSA) is 41.3 Å². The fourth-order valence-corrected chi connectivity index (χ4v) is 1.24. The molecule has 0 saturated heterocycles. The predicted octanol–water partition coefficient (Wildman–Crippen LogP) is 2.46. The van der Waals surface area contributed by atoms with Gasteiger partial charge in [-0.1, -0.05) is 23.2 Å². The zero-order valence-corrected chi connectivity index (χ0v) is 8.95. The third-order valence-electron chi connectivity index (χ3n) is 1.44. The molecule has 0 bridgehead atoms. The van der Waals surface area contributed by atoms with Crippen molar-refractivity contribution in [1.29, 1.82) is 0 Å². The summed E-state index contributed by atoms with van der Waals surface area (Å²) in [4.78, 5) is 0. The average molecular weight is 220 g/mol. The van der Waals surface area contributed by atoms with Crippen molar-refractivity contribution in [2.45, 2.75) is 0 Å². The van der Waals surface area contributed by atoms with Crippen LogP contribution in [-0.4, -0.2) is 19.1 Å². The Bertz CT molecular complexity index is 313. The number of anilines is 2. The highest BCUT2D eigenvalue weighted by Gasteiger charge is 2.04. The van der Waals surface area contributed by atoms with Crippen LogP contribution in [0.2, 0.25) is 10.0 Å². The molecule has 1 rings (SSSR count). The SMILES string of the molecule is CN(C)Nc1cc(Cl)c(Cl)cc1N. The van der Waals surface area contributed by atoms with Gasteiger partial charge in [-0.05, 0) is 12.1 Å². The first-order valence-corrected chi connectivity index (χ1v) is 4.45. The van der Waals surface area contributed by atoms with Crippen LogP contribution in [-0.2, 0) is 0 Å². The molecule has 0 saturated carbocycles. The van der Waals surface area contributed by atoms with Crippen molar-refractivity contribution in [2.24, 2.45) is 0 Å². The molecule has 5 heteroatoms. The van der Waals surface area contributed by atoms with Crippen LogP contribution in [0, 0.1) is 0 Å². The normalized spacial score (nSPS) is 10.5. The zero-order valence-electron chi connectivity index (χ0n) is 7.44. The van der Waals surface area contributed by atoms with Gasteiger partial charge in [-0.25, -0.2) is 5.01 Å². The van der Waals surface area contributed by atoms with Crippen molar-refractivity contribution >= 4 is 34.6 Å². The number of benzene rings is 1. The second kappa shape index (κ2) is 4.05. The lowest BCUT2D eigenvalue weighted by molar-refractivity contribution is 0.496. The van der Waals surface area contributed by atoms with Crippen molar-refractivity contribution in [3.63, 3.8) is 0 Å². The van der Waals surface area contributed by atoms with E-state index in [0.29, 0.717) is 15.7 Å². The van der Waals surface area contributed by atoms with E-state index in [2.05, 4.69) is 5.43 Å². The lowest BCUT2D eigenvalue weighted by Gasteiger charge is -2.15. The number of hydrogen-bond donors (Lipinski definition) is 2. The van der Waals surface area contributed by atoms with Gasteiger partial charge in [0.25, 0.3) is 0 Å². The van der Waals surface area contributed by atoms with Crippen LogP contribution in [0.5, 0.6) is 0 Å². The molecule has 0 radical (unpaired) electrons. The van der Waals surface area contributed by atoms with Crippen LogP contribution in [0.1, 0.15) is 0 Å². The molecular formula is C8H11Cl2N3. The summed E-state index contributed by atoms with van der Waals surface area (Å²) in [7, 11) is 3.73. The number of rotatable bonds is 2. The maximum atomic E-state index is 5.82. The van der Waals surface area contributed by atoms with Crippen LogP contribution in [0.4, 0.5) is 11.4 Å². The summed E-state index contributed by atoms with van der Waals surface area (Å²) in [6.07, 6.45) is 0. The minimum Gasteiger partial charge on any atom is -0.397 e. The molecule has 1 aromatic rings. The summed E-state index contributed by atoms with van der Waals surface area (Å²) in [6, 6.07) is 3.31. The first-order valence-electron chi connectivity index (χ1n) is 3.69. The Hall–Kier alpha value is -0.640. The van der Waals surface area contributed by atoms with Crippen molar-refractivity contribution in [1.82, 2.24) is 5.01 Å². The van der Waals surface area contributed by atoms with E-state index in [1.54, 1.807) is 17.1 Å². The molecule has 3 N–H and O–H groups in total. The van der Waals surface area contributed by atoms with Gasteiger partial charge in [-0.3, -0.25) is 0 Å². The molecular weight excluding hydrogens is 209 g/mol. The highest BCUT2D eigenvalue weighted by Crippen LogP contribution is 2.30. The number of nitrogens with zero attached hydrogens (tertiary/aromatic N) is 1. The van der Waals surface area contributed by atoms with Crippen LogP contribution < -0.4 is 11.2 Å². The molecule has 0 heterocycles. The summed E-state index contributed by atoms with van der Waals surface area (Å²) in [5.74, 6) is 0. The molecule has 72 valence electrons. The molecule has 0 amide bonds. The second-order valence-electron chi connectivity index (χ2n) is 2.86. The molecule has 0 fully saturated rings. The summed E-state index contributed by atoms with van der Waals surface area (Å²) in [5, 5.41) is 2.72. The Morgan fingerprint density at radius 1 is 1.23 bits per heavy atom. The minimum atomic E-state index is 0.462. The Morgan fingerprint density at radius 3 is 2.31 bits per heavy atom. The summed E-state index contributed by atoms with van der Waals surface area (Å²) in [5.41, 5.74) is 10.0. The molecule has 0 spiro atoms. The minimum absolute atomic E-state index is 0.462. The van der Waals surface area contributed by atoms with Crippen molar-refractivity contribution < 1.29 is 0 Å². The second-order valence-corrected chi connectivity index (χ2v) is 3.67. The van der Waals surface area contributed by atoms with E-state index in [0.717, 1.165) is 5.69 Å². The van der Waals surface area contributed by atoms with E-state index in [1.807, 2.05) is 14.1 Å². The summed E-state index contributed by atoms with van der Waals surface area (Å²) >= 11 is 11.6. The van der Waals surface area contributed by atoms with Gasteiger partial charge in [-0.15, -0.1) is 0 Å². The van der Waals surface area contributed by atoms with Crippen molar-refractivity contribution in [3.05, 3.63) is 22.2 Å². The van der Waals surface area contributed by atoms with Gasteiger partial charge in [0.1, 0.15) is 0 Å². The standard InChI is InChI=1S/C8H11Cl2N3/c1-13(2)12-8-4-6(10)5(9)3-7(8)11/h3-4,12H,11H2,1-2H3. The van der Waals surface area contributed by atoms with Crippen LogP contribution in [0.3, 0.4) is 0 Å². The molecule has 0 aliphatic carbocycles. The van der Waals surface area contributed by atoms with E-state index < -0.39 is 0 Å². The van der Waals surface area contributed by atoms with Gasteiger partial charge in [0, 0.05) is 14.1 Å². The lowest BCUT2D eigenvalue weighted by Crippen LogP contribution is -2.20. The fraction of sp³-hybridized carbons (Fsp3) is 0.250. The first kappa shape index (κ1) is 10.4. The van der Waals surface area contributed by atoms with Crippen molar-refractivity contribution in [2.75, 3.05) is 25.3 Å². The maximum Gasteiger partial charge on any atom is 0.0735 e. The highest BCUT2D eigenvalue weighted by molar-refractivity contribution is 6.42. The van der Waals surface area contributed by atoms with Gasteiger partial charge in [0.15, 0.2) is 0 Å². The third-order valence-corrected chi connectivity index (χ3v) is 2.16. The van der Waals surface area contributed by atoms with Crippen LogP contribution in [0.25, 0.3) is 0 Å². The van der Waals surface area contributed by atoms with E-state index >= 15 is 0 Å². The molecule has 0 aromatic heterocycles. The molecule has 1 aromatic carbocycles. The predicted molar refractivity (Wildman–Crippen MR) is 58.2 cm³/mol. The molecule has 0 aliphatic heterocycles. The smallest absolute Gasteiger partial charge is 0.0735 e. The quantitative estimate of drug-likeness (QED) is 0.594.